The summed E-state index contributed by atoms with van der Waals surface area (Å²) in [6.45, 7) is 5.20. The first-order valence-corrected chi connectivity index (χ1v) is 8.24. The van der Waals surface area contributed by atoms with Crippen LogP contribution in [-0.4, -0.2) is 70.9 Å². The van der Waals surface area contributed by atoms with Crippen molar-refractivity contribution in [2.75, 3.05) is 51.7 Å². The summed E-state index contributed by atoms with van der Waals surface area (Å²) in [7, 11) is -3.43. The molecule has 0 bridgehead atoms. The number of amides is 1. The van der Waals surface area contributed by atoms with Crippen molar-refractivity contribution in [1.29, 1.82) is 0 Å². The zero-order valence-electron chi connectivity index (χ0n) is 11.8. The molecule has 2 N–H and O–H groups in total. The molecular formula is C11H24ClN3O4S. The van der Waals surface area contributed by atoms with Gasteiger partial charge in [-0.1, -0.05) is 0 Å². The molecule has 7 nitrogen and oxygen atoms in total. The van der Waals surface area contributed by atoms with Gasteiger partial charge >= 0.3 is 0 Å². The number of nitrogens with zero attached hydrogens (tertiary/aromatic N) is 1. The van der Waals surface area contributed by atoms with E-state index in [2.05, 4.69) is 10.0 Å². The van der Waals surface area contributed by atoms with Gasteiger partial charge in [0.1, 0.15) is 0 Å². The summed E-state index contributed by atoms with van der Waals surface area (Å²) in [5.74, 6) is -0.293. The molecule has 0 unspecified atom stereocenters. The van der Waals surface area contributed by atoms with Gasteiger partial charge in [0.15, 0.2) is 0 Å². The average Bonchev–Trinajstić information content (AvgIpc) is 2.65. The zero-order chi connectivity index (χ0) is 14.1. The summed E-state index contributed by atoms with van der Waals surface area (Å²) < 4.78 is 30.5. The number of ether oxygens (including phenoxy) is 1. The summed E-state index contributed by atoms with van der Waals surface area (Å²) in [4.78, 5) is 13.6. The molecule has 1 heterocycles. The lowest BCUT2D eigenvalue weighted by Crippen LogP contribution is -2.42. The molecule has 0 spiro atoms. The first kappa shape index (κ1) is 19.6. The van der Waals surface area contributed by atoms with Crippen LogP contribution in [0.25, 0.3) is 0 Å². The van der Waals surface area contributed by atoms with Crippen LogP contribution >= 0.6 is 12.4 Å². The van der Waals surface area contributed by atoms with Crippen LogP contribution in [-0.2, 0) is 19.6 Å². The molecule has 0 aromatic heterocycles. The number of halogens is 1. The van der Waals surface area contributed by atoms with Gasteiger partial charge in [0, 0.05) is 26.2 Å². The highest BCUT2D eigenvalue weighted by Gasteiger charge is 2.18. The van der Waals surface area contributed by atoms with Gasteiger partial charge in [0.05, 0.1) is 18.9 Å². The van der Waals surface area contributed by atoms with Gasteiger partial charge in [-0.2, -0.15) is 0 Å². The van der Waals surface area contributed by atoms with Crippen LogP contribution in [0.1, 0.15) is 13.3 Å². The highest BCUT2D eigenvalue weighted by Crippen LogP contribution is 1.96. The Morgan fingerprint density at radius 3 is 2.80 bits per heavy atom. The Morgan fingerprint density at radius 1 is 1.35 bits per heavy atom. The van der Waals surface area contributed by atoms with Gasteiger partial charge in [-0.05, 0) is 19.9 Å². The third-order valence-corrected chi connectivity index (χ3v) is 4.12. The monoisotopic (exact) mass is 329 g/mol. The first-order valence-electron chi connectivity index (χ1n) is 6.58. The van der Waals surface area contributed by atoms with Crippen molar-refractivity contribution in [1.82, 2.24) is 14.9 Å². The van der Waals surface area contributed by atoms with Gasteiger partial charge in [-0.25, -0.2) is 13.1 Å². The van der Waals surface area contributed by atoms with Crippen LogP contribution in [0.3, 0.4) is 0 Å². The predicted molar refractivity (Wildman–Crippen MR) is 79.6 cm³/mol. The topological polar surface area (TPSA) is 87.7 Å². The molecular weight excluding hydrogens is 306 g/mol. The third kappa shape index (κ3) is 8.01. The van der Waals surface area contributed by atoms with Crippen molar-refractivity contribution in [3.8, 4) is 0 Å². The molecule has 0 atom stereocenters. The molecule has 1 aliphatic rings. The molecule has 20 heavy (non-hydrogen) atoms. The fourth-order valence-corrected chi connectivity index (χ4v) is 2.59. The average molecular weight is 330 g/mol. The number of carbonyl (C=O) groups excluding carboxylic acids is 1. The maximum absolute atomic E-state index is 11.9. The highest BCUT2D eigenvalue weighted by atomic mass is 35.5. The molecule has 0 aliphatic carbocycles. The van der Waals surface area contributed by atoms with E-state index in [-0.39, 0.29) is 37.2 Å². The van der Waals surface area contributed by atoms with Gasteiger partial charge in [-0.3, -0.25) is 4.79 Å². The van der Waals surface area contributed by atoms with Gasteiger partial charge in [0.25, 0.3) is 0 Å². The minimum Gasteiger partial charge on any atom is -0.381 e. The Labute approximate surface area is 126 Å². The predicted octanol–water partition coefficient (Wildman–Crippen LogP) is -0.814. The fraction of sp³-hybridized carbons (Fsp3) is 0.909. The van der Waals surface area contributed by atoms with Gasteiger partial charge in [0.2, 0.25) is 15.9 Å². The van der Waals surface area contributed by atoms with Crippen molar-refractivity contribution in [3.63, 3.8) is 0 Å². The molecule has 0 aromatic rings. The van der Waals surface area contributed by atoms with Crippen LogP contribution in [0.15, 0.2) is 0 Å². The van der Waals surface area contributed by atoms with Gasteiger partial charge in [-0.15, -0.1) is 12.4 Å². The van der Waals surface area contributed by atoms with Gasteiger partial charge < -0.3 is 15.0 Å². The van der Waals surface area contributed by atoms with E-state index in [1.165, 1.54) is 0 Å². The number of sulfonamides is 1. The first-order chi connectivity index (χ1) is 9.05. The third-order valence-electron chi connectivity index (χ3n) is 2.84. The highest BCUT2D eigenvalue weighted by molar-refractivity contribution is 7.89. The van der Waals surface area contributed by atoms with E-state index in [0.717, 1.165) is 19.5 Å². The summed E-state index contributed by atoms with van der Waals surface area (Å²) in [5, 5.41) is 3.19. The van der Waals surface area contributed by atoms with Crippen LogP contribution in [0.4, 0.5) is 0 Å². The molecule has 0 saturated carbocycles. The number of hydrogen-bond acceptors (Lipinski definition) is 5. The molecule has 9 heteroatoms. The Kier molecular flexibility index (Phi) is 10.1. The Hall–Kier alpha value is -0.410. The van der Waals surface area contributed by atoms with Crippen LogP contribution < -0.4 is 10.0 Å². The molecule has 0 radical (unpaired) electrons. The molecule has 120 valence electrons. The second-order valence-corrected chi connectivity index (χ2v) is 6.25. The number of nitrogens with one attached hydrogen (secondary N) is 2. The normalized spacial score (nSPS) is 16.4. The summed E-state index contributed by atoms with van der Waals surface area (Å²) in [6, 6.07) is 0. The maximum Gasteiger partial charge on any atom is 0.237 e. The Bertz CT molecular complexity index is 370. The van der Waals surface area contributed by atoms with Crippen molar-refractivity contribution < 1.29 is 17.9 Å². The van der Waals surface area contributed by atoms with Crippen molar-refractivity contribution in [2.45, 2.75) is 13.3 Å². The SMILES string of the molecule is CCOCCS(=O)(=O)NCC(=O)N1CCCNCC1.Cl. The molecule has 1 fully saturated rings. The van der Waals surface area contributed by atoms with Crippen molar-refractivity contribution >= 4 is 28.3 Å². The van der Waals surface area contributed by atoms with E-state index in [1.807, 2.05) is 0 Å². The second-order valence-electron chi connectivity index (χ2n) is 4.32. The van der Waals surface area contributed by atoms with E-state index in [0.29, 0.717) is 19.7 Å². The quantitative estimate of drug-likeness (QED) is 0.596. The molecule has 1 aliphatic heterocycles. The van der Waals surface area contributed by atoms with E-state index in [9.17, 15) is 13.2 Å². The Morgan fingerprint density at radius 2 is 2.10 bits per heavy atom. The van der Waals surface area contributed by atoms with E-state index < -0.39 is 10.0 Å². The number of hydrogen-bond donors (Lipinski definition) is 2. The lowest BCUT2D eigenvalue weighted by atomic mass is 10.4. The lowest BCUT2D eigenvalue weighted by molar-refractivity contribution is -0.129. The maximum atomic E-state index is 11.9. The molecule has 1 saturated heterocycles. The Balaban J connectivity index is 0.00000361. The standard InChI is InChI=1S/C11H23N3O4S.ClH/c1-2-18-8-9-19(16,17)13-10-11(15)14-6-3-4-12-5-7-14;/h12-13H,2-10H2,1H3;1H. The minimum absolute atomic E-state index is 0. The molecule has 1 rings (SSSR count). The van der Waals surface area contributed by atoms with Crippen LogP contribution in [0, 0.1) is 0 Å². The zero-order valence-corrected chi connectivity index (χ0v) is 13.4. The lowest BCUT2D eigenvalue weighted by Gasteiger charge is -2.20. The summed E-state index contributed by atoms with van der Waals surface area (Å²) in [5.41, 5.74) is 0. The summed E-state index contributed by atoms with van der Waals surface area (Å²) >= 11 is 0. The minimum atomic E-state index is -3.43. The second kappa shape index (κ2) is 10.3. The van der Waals surface area contributed by atoms with E-state index >= 15 is 0 Å². The molecule has 1 amide bonds. The number of carbonyl (C=O) groups is 1. The van der Waals surface area contributed by atoms with E-state index in [1.54, 1.807) is 11.8 Å². The van der Waals surface area contributed by atoms with E-state index in [4.69, 9.17) is 4.74 Å². The largest absolute Gasteiger partial charge is 0.381 e. The molecule has 0 aromatic carbocycles. The fourth-order valence-electron chi connectivity index (χ4n) is 1.76. The number of rotatable bonds is 7. The smallest absolute Gasteiger partial charge is 0.237 e. The van der Waals surface area contributed by atoms with Crippen LogP contribution in [0.5, 0.6) is 0 Å². The summed E-state index contributed by atoms with van der Waals surface area (Å²) in [6.07, 6.45) is 0.892. The van der Waals surface area contributed by atoms with Crippen LogP contribution in [0.2, 0.25) is 0 Å². The van der Waals surface area contributed by atoms with Crippen molar-refractivity contribution in [2.24, 2.45) is 0 Å². The van der Waals surface area contributed by atoms with Crippen molar-refractivity contribution in [3.05, 3.63) is 0 Å².